The molecule has 0 radical (unpaired) electrons. The lowest BCUT2D eigenvalue weighted by Gasteiger charge is -2.44. The number of carbonyl (C=O) groups excluding carboxylic acids is 1. The van der Waals surface area contributed by atoms with Crippen LogP contribution in [0.5, 0.6) is 0 Å². The molecule has 0 unspecified atom stereocenters. The summed E-state index contributed by atoms with van der Waals surface area (Å²) in [6.45, 7) is 0.782. The summed E-state index contributed by atoms with van der Waals surface area (Å²) in [6, 6.07) is 3.33. The topological polar surface area (TPSA) is 70.5 Å². The number of nitrogens with zero attached hydrogens (tertiary/aromatic N) is 2. The third-order valence-electron chi connectivity index (χ3n) is 4.73. The molecule has 0 spiro atoms. The molecule has 5 heteroatoms. The lowest BCUT2D eigenvalue weighted by Crippen LogP contribution is -2.49. The molecule has 1 aliphatic heterocycles. The first kappa shape index (κ1) is 14.0. The van der Waals surface area contributed by atoms with E-state index in [9.17, 15) is 9.59 Å². The van der Waals surface area contributed by atoms with E-state index in [1.807, 2.05) is 4.90 Å². The van der Waals surface area contributed by atoms with Crippen LogP contribution in [-0.2, 0) is 0 Å². The summed E-state index contributed by atoms with van der Waals surface area (Å²) < 4.78 is 0. The number of fused-ring (bicyclic) bond motifs is 1. The summed E-state index contributed by atoms with van der Waals surface area (Å²) in [7, 11) is 0. The fourth-order valence-corrected chi connectivity index (χ4v) is 3.72. The minimum absolute atomic E-state index is 0.0449. The molecule has 2 fully saturated rings. The summed E-state index contributed by atoms with van der Waals surface area (Å²) in [5.41, 5.74) is 0.367. The van der Waals surface area contributed by atoms with E-state index in [2.05, 4.69) is 4.98 Å². The van der Waals surface area contributed by atoms with Crippen LogP contribution in [0.1, 0.15) is 59.4 Å². The number of aromatic nitrogens is 1. The first-order valence-corrected chi connectivity index (χ1v) is 7.67. The van der Waals surface area contributed by atoms with Crippen LogP contribution < -0.4 is 0 Å². The summed E-state index contributed by atoms with van der Waals surface area (Å²) in [5, 5.41) is 9.00. The molecule has 1 aromatic rings. The van der Waals surface area contributed by atoms with Gasteiger partial charge in [-0.15, -0.1) is 0 Å². The number of carbonyl (C=O) groups is 2. The normalized spacial score (nSPS) is 25.2. The number of rotatable bonds is 2. The average molecular weight is 288 g/mol. The van der Waals surface area contributed by atoms with Crippen molar-refractivity contribution in [1.82, 2.24) is 9.88 Å². The molecule has 112 valence electrons. The molecule has 1 saturated heterocycles. The Hall–Kier alpha value is -1.91. The Kier molecular flexibility index (Phi) is 3.90. The van der Waals surface area contributed by atoms with Crippen LogP contribution in [0.2, 0.25) is 0 Å². The molecule has 3 rings (SSSR count). The SMILES string of the molecule is O=C(O)c1cc(C(=O)N2CCC[C@H]3CCCC[C@H]32)ccn1. The third kappa shape index (κ3) is 2.77. The van der Waals surface area contributed by atoms with Crippen molar-refractivity contribution >= 4 is 11.9 Å². The predicted octanol–water partition coefficient (Wildman–Crippen LogP) is 2.57. The van der Waals surface area contributed by atoms with Crippen LogP contribution in [-0.4, -0.2) is 39.5 Å². The Balaban J connectivity index is 1.83. The zero-order valence-electron chi connectivity index (χ0n) is 12.0. The Bertz CT molecular complexity index is 556. The summed E-state index contributed by atoms with van der Waals surface area (Å²) in [4.78, 5) is 29.5. The van der Waals surface area contributed by atoms with E-state index in [1.54, 1.807) is 6.07 Å². The maximum Gasteiger partial charge on any atom is 0.354 e. The lowest BCUT2D eigenvalue weighted by molar-refractivity contribution is 0.0390. The summed E-state index contributed by atoms with van der Waals surface area (Å²) >= 11 is 0. The molecule has 1 N–H and O–H groups in total. The fraction of sp³-hybridized carbons (Fsp3) is 0.562. The summed E-state index contributed by atoms with van der Waals surface area (Å²) in [5.74, 6) is -0.521. The maximum absolute atomic E-state index is 12.7. The van der Waals surface area contributed by atoms with E-state index in [1.165, 1.54) is 37.9 Å². The van der Waals surface area contributed by atoms with E-state index >= 15 is 0 Å². The van der Waals surface area contributed by atoms with Crippen molar-refractivity contribution in [3.63, 3.8) is 0 Å². The Morgan fingerprint density at radius 1 is 1.19 bits per heavy atom. The van der Waals surface area contributed by atoms with E-state index in [0.29, 0.717) is 17.5 Å². The molecule has 1 aromatic heterocycles. The van der Waals surface area contributed by atoms with Gasteiger partial charge in [-0.3, -0.25) is 4.79 Å². The second kappa shape index (κ2) is 5.84. The number of hydrogen-bond acceptors (Lipinski definition) is 3. The van der Waals surface area contributed by atoms with Crippen LogP contribution in [0.3, 0.4) is 0 Å². The standard InChI is InChI=1S/C16H20N2O3/c19-15(12-7-8-17-13(10-12)16(20)21)18-9-3-5-11-4-1-2-6-14(11)18/h7-8,10-11,14H,1-6,9H2,(H,20,21)/t11-,14-/m1/s1. The van der Waals surface area contributed by atoms with Crippen molar-refractivity contribution in [1.29, 1.82) is 0 Å². The molecule has 2 heterocycles. The van der Waals surface area contributed by atoms with Crippen LogP contribution >= 0.6 is 0 Å². The van der Waals surface area contributed by atoms with E-state index in [0.717, 1.165) is 19.4 Å². The van der Waals surface area contributed by atoms with Gasteiger partial charge in [0.15, 0.2) is 0 Å². The maximum atomic E-state index is 12.7. The van der Waals surface area contributed by atoms with Crippen LogP contribution in [0.25, 0.3) is 0 Å². The van der Waals surface area contributed by atoms with E-state index < -0.39 is 5.97 Å². The summed E-state index contributed by atoms with van der Waals surface area (Å²) in [6.07, 6.45) is 8.40. The van der Waals surface area contributed by atoms with Crippen molar-refractivity contribution in [3.8, 4) is 0 Å². The smallest absolute Gasteiger partial charge is 0.354 e. The third-order valence-corrected chi connectivity index (χ3v) is 4.73. The van der Waals surface area contributed by atoms with Gasteiger partial charge in [0.25, 0.3) is 5.91 Å². The molecule has 1 aliphatic carbocycles. The van der Waals surface area contributed by atoms with Gasteiger partial charge in [-0.05, 0) is 43.7 Å². The molecule has 0 bridgehead atoms. The van der Waals surface area contributed by atoms with Crippen molar-refractivity contribution in [2.75, 3.05) is 6.54 Å². The highest BCUT2D eigenvalue weighted by Crippen LogP contribution is 2.35. The second-order valence-corrected chi connectivity index (χ2v) is 5.99. The number of likely N-dealkylation sites (tertiary alicyclic amines) is 1. The fourth-order valence-electron chi connectivity index (χ4n) is 3.72. The molecule has 5 nitrogen and oxygen atoms in total. The molecule has 21 heavy (non-hydrogen) atoms. The molecular formula is C16H20N2O3. The van der Waals surface area contributed by atoms with Crippen molar-refractivity contribution in [2.45, 2.75) is 44.6 Å². The van der Waals surface area contributed by atoms with Gasteiger partial charge in [-0.1, -0.05) is 12.8 Å². The largest absolute Gasteiger partial charge is 0.477 e. The number of pyridine rings is 1. The molecule has 1 amide bonds. The number of carboxylic acid groups (broad SMARTS) is 1. The minimum Gasteiger partial charge on any atom is -0.477 e. The quantitative estimate of drug-likeness (QED) is 0.908. The average Bonchev–Trinajstić information content (AvgIpc) is 2.53. The zero-order chi connectivity index (χ0) is 14.8. The minimum atomic E-state index is -1.10. The predicted molar refractivity (Wildman–Crippen MR) is 77.2 cm³/mol. The molecular weight excluding hydrogens is 268 g/mol. The first-order chi connectivity index (χ1) is 10.2. The van der Waals surface area contributed by atoms with Crippen molar-refractivity contribution in [2.24, 2.45) is 5.92 Å². The van der Waals surface area contributed by atoms with Gasteiger partial charge >= 0.3 is 5.97 Å². The number of aromatic carboxylic acids is 1. The molecule has 1 saturated carbocycles. The van der Waals surface area contributed by atoms with Gasteiger partial charge in [0.2, 0.25) is 0 Å². The Morgan fingerprint density at radius 2 is 1.95 bits per heavy atom. The van der Waals surface area contributed by atoms with Crippen LogP contribution in [0.15, 0.2) is 18.3 Å². The van der Waals surface area contributed by atoms with Crippen molar-refractivity contribution in [3.05, 3.63) is 29.6 Å². The zero-order valence-corrected chi connectivity index (χ0v) is 12.0. The van der Waals surface area contributed by atoms with Gasteiger partial charge in [0.05, 0.1) is 0 Å². The molecule has 0 aromatic carbocycles. The van der Waals surface area contributed by atoms with E-state index in [-0.39, 0.29) is 11.6 Å². The Morgan fingerprint density at radius 3 is 2.76 bits per heavy atom. The van der Waals surface area contributed by atoms with Crippen LogP contribution in [0, 0.1) is 5.92 Å². The number of amides is 1. The van der Waals surface area contributed by atoms with Gasteiger partial charge in [-0.2, -0.15) is 0 Å². The van der Waals surface area contributed by atoms with Crippen LogP contribution in [0.4, 0.5) is 0 Å². The highest BCUT2D eigenvalue weighted by molar-refractivity contribution is 5.96. The highest BCUT2D eigenvalue weighted by Gasteiger charge is 2.36. The molecule has 2 atom stereocenters. The first-order valence-electron chi connectivity index (χ1n) is 7.67. The van der Waals surface area contributed by atoms with Crippen molar-refractivity contribution < 1.29 is 14.7 Å². The van der Waals surface area contributed by atoms with E-state index in [4.69, 9.17) is 5.11 Å². The Labute approximate surface area is 124 Å². The van der Waals surface area contributed by atoms with Gasteiger partial charge in [0.1, 0.15) is 5.69 Å². The van der Waals surface area contributed by atoms with Gasteiger partial charge < -0.3 is 10.0 Å². The van der Waals surface area contributed by atoms with Gasteiger partial charge in [0, 0.05) is 24.3 Å². The number of hydrogen-bond donors (Lipinski definition) is 1. The van der Waals surface area contributed by atoms with Gasteiger partial charge in [-0.25, -0.2) is 9.78 Å². The highest BCUT2D eigenvalue weighted by atomic mass is 16.4. The number of carboxylic acids is 1. The monoisotopic (exact) mass is 288 g/mol. The molecule has 2 aliphatic rings. The number of piperidine rings is 1. The lowest BCUT2D eigenvalue weighted by atomic mass is 9.78. The second-order valence-electron chi connectivity index (χ2n) is 5.99.